The summed E-state index contributed by atoms with van der Waals surface area (Å²) in [7, 11) is -3.62. The van der Waals surface area contributed by atoms with Gasteiger partial charge in [0.25, 0.3) is 10.0 Å². The van der Waals surface area contributed by atoms with Crippen LogP contribution >= 0.6 is 0 Å². The summed E-state index contributed by atoms with van der Waals surface area (Å²) in [6.07, 6.45) is 1.68. The molecule has 4 rings (SSSR count). The Balaban J connectivity index is 1.95. The maximum absolute atomic E-state index is 13.4. The van der Waals surface area contributed by atoms with E-state index in [9.17, 15) is 13.5 Å². The lowest BCUT2D eigenvalue weighted by atomic mass is 9.88. The van der Waals surface area contributed by atoms with Crippen molar-refractivity contribution in [2.45, 2.75) is 63.9 Å². The highest BCUT2D eigenvalue weighted by atomic mass is 32.2. The van der Waals surface area contributed by atoms with E-state index in [4.69, 9.17) is 0 Å². The lowest BCUT2D eigenvalue weighted by Gasteiger charge is -2.26. The summed E-state index contributed by atoms with van der Waals surface area (Å²) in [5, 5.41) is 10.0. The lowest BCUT2D eigenvalue weighted by molar-refractivity contribution is 0.280. The molecule has 1 aliphatic carbocycles. The third-order valence-electron chi connectivity index (χ3n) is 6.33. The van der Waals surface area contributed by atoms with Gasteiger partial charge in [0, 0.05) is 6.54 Å². The van der Waals surface area contributed by atoms with Crippen LogP contribution in [0.3, 0.4) is 0 Å². The summed E-state index contributed by atoms with van der Waals surface area (Å²) in [6, 6.07) is 7.06. The minimum absolute atomic E-state index is 0.0407. The summed E-state index contributed by atoms with van der Waals surface area (Å²) in [5.74, 6) is 0.708. The molecule has 0 radical (unpaired) electrons. The first kappa shape index (κ1) is 18.5. The summed E-state index contributed by atoms with van der Waals surface area (Å²) >= 11 is 0. The van der Waals surface area contributed by atoms with E-state index in [0.29, 0.717) is 29.7 Å². The van der Waals surface area contributed by atoms with Gasteiger partial charge in [-0.25, -0.2) is 8.42 Å². The fourth-order valence-electron chi connectivity index (χ4n) is 5.10. The molecule has 2 aromatic rings. The van der Waals surface area contributed by atoms with Crippen LogP contribution in [0.5, 0.6) is 0 Å². The molecule has 1 N–H and O–H groups in total. The Labute approximate surface area is 161 Å². The van der Waals surface area contributed by atoms with Gasteiger partial charge in [0.05, 0.1) is 17.2 Å². The Bertz CT molecular complexity index is 1010. The Morgan fingerprint density at radius 2 is 1.70 bits per heavy atom. The molecule has 0 aromatic heterocycles. The molecule has 5 heteroatoms. The molecule has 0 saturated carbocycles. The first-order chi connectivity index (χ1) is 12.8. The van der Waals surface area contributed by atoms with Crippen molar-refractivity contribution < 1.29 is 13.5 Å². The fourth-order valence-corrected chi connectivity index (χ4v) is 6.61. The molecule has 4 nitrogen and oxygen atoms in total. The largest absolute Gasteiger partial charge is 0.392 e. The Kier molecular flexibility index (Phi) is 4.35. The fraction of sp³-hybridized carbons (Fsp3) is 0.455. The van der Waals surface area contributed by atoms with Crippen LogP contribution in [0.2, 0.25) is 0 Å². The monoisotopic (exact) mass is 385 g/mol. The van der Waals surface area contributed by atoms with E-state index in [-0.39, 0.29) is 6.61 Å². The predicted octanol–water partition coefficient (Wildman–Crippen LogP) is 4.16. The van der Waals surface area contributed by atoms with Crippen LogP contribution in [0.1, 0.15) is 65.5 Å². The number of hydrogen-bond donors (Lipinski definition) is 1. The summed E-state index contributed by atoms with van der Waals surface area (Å²) < 4.78 is 28.5. The van der Waals surface area contributed by atoms with Crippen molar-refractivity contribution in [2.75, 3.05) is 10.8 Å². The van der Waals surface area contributed by atoms with Gasteiger partial charge in [-0.1, -0.05) is 31.5 Å². The van der Waals surface area contributed by atoms with Crippen molar-refractivity contribution in [1.82, 2.24) is 0 Å². The van der Waals surface area contributed by atoms with Gasteiger partial charge in [-0.05, 0) is 78.5 Å². The molecule has 0 saturated heterocycles. The third-order valence-corrected chi connectivity index (χ3v) is 8.14. The second-order valence-electron chi connectivity index (χ2n) is 8.09. The van der Waals surface area contributed by atoms with Crippen LogP contribution in [-0.2, 0) is 23.1 Å². The Morgan fingerprint density at radius 1 is 1.07 bits per heavy atom. The number of anilines is 1. The van der Waals surface area contributed by atoms with Crippen LogP contribution in [0, 0.1) is 13.8 Å². The molecule has 1 heterocycles. The molecule has 2 aliphatic rings. The van der Waals surface area contributed by atoms with Crippen molar-refractivity contribution in [3.63, 3.8) is 0 Å². The molecular weight excluding hydrogens is 358 g/mol. The van der Waals surface area contributed by atoms with Gasteiger partial charge >= 0.3 is 0 Å². The van der Waals surface area contributed by atoms with Crippen LogP contribution < -0.4 is 4.31 Å². The molecular formula is C22H27NO3S. The molecule has 144 valence electrons. The highest BCUT2D eigenvalue weighted by Gasteiger charge is 2.40. The number of nitrogens with zero attached hydrogens (tertiary/aromatic N) is 1. The summed E-state index contributed by atoms with van der Waals surface area (Å²) in [6.45, 7) is 8.83. The number of rotatable bonds is 3. The number of aryl methyl sites for hydroxylation is 1. The Morgan fingerprint density at radius 3 is 2.33 bits per heavy atom. The van der Waals surface area contributed by atoms with E-state index < -0.39 is 10.0 Å². The minimum Gasteiger partial charge on any atom is -0.392 e. The highest BCUT2D eigenvalue weighted by molar-refractivity contribution is 7.92. The molecule has 0 fully saturated rings. The number of sulfonamides is 1. The van der Waals surface area contributed by atoms with E-state index in [0.717, 1.165) is 34.4 Å². The topological polar surface area (TPSA) is 57.6 Å². The van der Waals surface area contributed by atoms with Crippen LogP contribution in [0.15, 0.2) is 29.2 Å². The highest BCUT2D eigenvalue weighted by Crippen LogP contribution is 2.52. The average Bonchev–Trinajstić information content (AvgIpc) is 3.17. The van der Waals surface area contributed by atoms with Crippen molar-refractivity contribution in [3.05, 3.63) is 57.6 Å². The molecule has 0 unspecified atom stereocenters. The second kappa shape index (κ2) is 6.35. The summed E-state index contributed by atoms with van der Waals surface area (Å²) in [5.41, 5.74) is 7.40. The zero-order valence-electron chi connectivity index (χ0n) is 16.4. The zero-order valence-corrected chi connectivity index (χ0v) is 17.2. The number of aliphatic hydroxyl groups excluding tert-OH is 1. The number of hydrogen-bond acceptors (Lipinski definition) is 3. The normalized spacial score (nSPS) is 21.4. The predicted molar refractivity (Wildman–Crippen MR) is 108 cm³/mol. The van der Waals surface area contributed by atoms with E-state index in [2.05, 4.69) is 20.8 Å². The van der Waals surface area contributed by atoms with E-state index in [1.807, 2.05) is 19.1 Å². The maximum Gasteiger partial charge on any atom is 0.264 e. The molecule has 27 heavy (non-hydrogen) atoms. The van der Waals surface area contributed by atoms with E-state index in [1.54, 1.807) is 16.4 Å². The zero-order chi connectivity index (χ0) is 19.5. The van der Waals surface area contributed by atoms with Crippen LogP contribution in [-0.4, -0.2) is 20.1 Å². The van der Waals surface area contributed by atoms with E-state index in [1.165, 1.54) is 11.1 Å². The molecule has 0 bridgehead atoms. The smallest absolute Gasteiger partial charge is 0.264 e. The van der Waals surface area contributed by atoms with Gasteiger partial charge in [0.15, 0.2) is 0 Å². The van der Waals surface area contributed by atoms with Gasteiger partial charge in [-0.15, -0.1) is 0 Å². The summed E-state index contributed by atoms with van der Waals surface area (Å²) in [4.78, 5) is 0.333. The Hall–Kier alpha value is -1.85. The molecule has 0 spiro atoms. The van der Waals surface area contributed by atoms with Crippen molar-refractivity contribution in [2.24, 2.45) is 0 Å². The van der Waals surface area contributed by atoms with Crippen molar-refractivity contribution in [1.29, 1.82) is 0 Å². The van der Waals surface area contributed by atoms with Crippen LogP contribution in [0.25, 0.3) is 0 Å². The van der Waals surface area contributed by atoms with Gasteiger partial charge < -0.3 is 5.11 Å². The van der Waals surface area contributed by atoms with E-state index >= 15 is 0 Å². The SMILES string of the molecule is Cc1ccc(S(=O)(=O)N2CCc3c(CO)c(C)c4c(c32)[C@H](C)C[C@@H]4C)cc1. The second-order valence-corrected chi connectivity index (χ2v) is 9.96. The molecule has 2 aromatic carbocycles. The maximum atomic E-state index is 13.4. The molecule has 0 amide bonds. The molecule has 1 aliphatic heterocycles. The number of aliphatic hydroxyl groups is 1. The van der Waals surface area contributed by atoms with Gasteiger partial charge in [-0.3, -0.25) is 4.31 Å². The van der Waals surface area contributed by atoms with Gasteiger partial charge in [-0.2, -0.15) is 0 Å². The van der Waals surface area contributed by atoms with Gasteiger partial charge in [0.2, 0.25) is 0 Å². The van der Waals surface area contributed by atoms with Crippen molar-refractivity contribution >= 4 is 15.7 Å². The van der Waals surface area contributed by atoms with Crippen molar-refractivity contribution in [3.8, 4) is 0 Å². The van der Waals surface area contributed by atoms with Crippen LogP contribution in [0.4, 0.5) is 5.69 Å². The third kappa shape index (κ3) is 2.63. The first-order valence-corrected chi connectivity index (χ1v) is 11.1. The standard InChI is InChI=1S/C22H27NO3S/c1-13-5-7-17(8-6-13)27(25,26)23-10-9-18-19(12-24)16(4)20-14(2)11-15(3)21(20)22(18)23/h5-8,14-15,24H,9-12H2,1-4H3/t14-,15+/m0/s1. The lowest BCUT2D eigenvalue weighted by Crippen LogP contribution is -2.30. The number of benzene rings is 2. The number of fused-ring (bicyclic) bond motifs is 3. The molecule has 2 atom stereocenters. The average molecular weight is 386 g/mol. The quantitative estimate of drug-likeness (QED) is 0.863. The van der Waals surface area contributed by atoms with Gasteiger partial charge in [0.1, 0.15) is 0 Å². The first-order valence-electron chi connectivity index (χ1n) is 9.65. The minimum atomic E-state index is -3.62.